The van der Waals surface area contributed by atoms with E-state index in [4.69, 9.17) is 4.74 Å². The van der Waals surface area contributed by atoms with Crippen molar-refractivity contribution in [3.05, 3.63) is 69.7 Å². The predicted molar refractivity (Wildman–Crippen MR) is 108 cm³/mol. The van der Waals surface area contributed by atoms with Crippen molar-refractivity contribution in [1.82, 2.24) is 4.90 Å². The Morgan fingerprint density at radius 3 is 2.32 bits per heavy atom. The van der Waals surface area contributed by atoms with Crippen molar-refractivity contribution in [3.8, 4) is 5.75 Å². The number of Topliss-reactive ketones (excluding diaryl/α,β-unsaturated/α-hetero) is 1. The minimum atomic E-state index is -0.737. The van der Waals surface area contributed by atoms with Crippen molar-refractivity contribution in [2.45, 2.75) is 12.5 Å². The number of benzene rings is 2. The molecular formula is C21H20BrNO5. The van der Waals surface area contributed by atoms with Crippen molar-refractivity contribution in [2.75, 3.05) is 20.3 Å². The lowest BCUT2D eigenvalue weighted by atomic mass is 9.95. The minimum Gasteiger partial charge on any atom is -0.507 e. The third kappa shape index (κ3) is 3.81. The quantitative estimate of drug-likeness (QED) is 0.404. The molecule has 1 amide bonds. The Balaban J connectivity index is 2.12. The Bertz CT molecular complexity index is 905. The van der Waals surface area contributed by atoms with Crippen molar-refractivity contribution in [3.63, 3.8) is 0 Å². The maximum absolute atomic E-state index is 12.8. The lowest BCUT2D eigenvalue weighted by Crippen LogP contribution is -2.31. The second-order valence-corrected chi connectivity index (χ2v) is 7.27. The molecule has 1 fully saturated rings. The molecule has 1 heterocycles. The average molecular weight is 446 g/mol. The number of aliphatic hydroxyl groups excluding tert-OH is 2. The highest BCUT2D eigenvalue weighted by Crippen LogP contribution is 2.39. The van der Waals surface area contributed by atoms with E-state index < -0.39 is 17.7 Å². The molecule has 1 atom stereocenters. The molecule has 1 saturated heterocycles. The standard InChI is InChI=1S/C21H20BrNO5/c1-28-16-9-5-14(6-10-16)19(25)17-18(13-3-7-15(22)8-4-13)23(11-2-12-24)21(27)20(17)26/h3-10,18,24-25H,2,11-12H2,1H3/b19-17+/t18-/m0/s1. The predicted octanol–water partition coefficient (Wildman–Crippen LogP) is 3.26. The Morgan fingerprint density at radius 1 is 1.11 bits per heavy atom. The van der Waals surface area contributed by atoms with Gasteiger partial charge >= 0.3 is 0 Å². The van der Waals surface area contributed by atoms with E-state index in [1.807, 2.05) is 12.1 Å². The van der Waals surface area contributed by atoms with Crippen molar-refractivity contribution in [1.29, 1.82) is 0 Å². The molecule has 0 aliphatic carbocycles. The molecule has 2 aromatic rings. The summed E-state index contributed by atoms with van der Waals surface area (Å²) in [4.78, 5) is 26.8. The lowest BCUT2D eigenvalue weighted by molar-refractivity contribution is -0.140. The number of hydrogen-bond acceptors (Lipinski definition) is 5. The number of likely N-dealkylation sites (tertiary alicyclic amines) is 1. The number of aliphatic hydroxyl groups is 2. The number of amides is 1. The molecule has 3 rings (SSSR count). The number of ketones is 1. The normalized spacial score (nSPS) is 18.5. The molecular weight excluding hydrogens is 426 g/mol. The average Bonchev–Trinajstić information content (AvgIpc) is 2.97. The van der Waals surface area contributed by atoms with Crippen LogP contribution in [0.4, 0.5) is 0 Å². The van der Waals surface area contributed by atoms with Gasteiger partial charge in [-0.3, -0.25) is 9.59 Å². The molecule has 6 nitrogen and oxygen atoms in total. The summed E-state index contributed by atoms with van der Waals surface area (Å²) in [6.45, 7) is 0.107. The summed E-state index contributed by atoms with van der Waals surface area (Å²) in [7, 11) is 1.54. The molecule has 0 saturated carbocycles. The maximum atomic E-state index is 12.8. The molecule has 0 bridgehead atoms. The molecule has 7 heteroatoms. The van der Waals surface area contributed by atoms with Crippen LogP contribution in [0.2, 0.25) is 0 Å². The van der Waals surface area contributed by atoms with Crippen LogP contribution in [0.25, 0.3) is 5.76 Å². The Morgan fingerprint density at radius 2 is 1.75 bits per heavy atom. The van der Waals surface area contributed by atoms with Gasteiger partial charge in [0, 0.05) is 23.2 Å². The van der Waals surface area contributed by atoms with E-state index in [0.717, 1.165) is 4.47 Å². The van der Waals surface area contributed by atoms with E-state index in [9.17, 15) is 19.8 Å². The first-order valence-electron chi connectivity index (χ1n) is 8.77. The molecule has 0 spiro atoms. The van der Waals surface area contributed by atoms with Gasteiger partial charge in [0.25, 0.3) is 11.7 Å². The highest BCUT2D eigenvalue weighted by Gasteiger charge is 2.45. The highest BCUT2D eigenvalue weighted by atomic mass is 79.9. The van der Waals surface area contributed by atoms with Crippen molar-refractivity contribution >= 4 is 33.4 Å². The number of nitrogens with zero attached hydrogens (tertiary/aromatic N) is 1. The fraction of sp³-hybridized carbons (Fsp3) is 0.238. The lowest BCUT2D eigenvalue weighted by Gasteiger charge is -2.25. The molecule has 28 heavy (non-hydrogen) atoms. The van der Waals surface area contributed by atoms with Crippen LogP contribution < -0.4 is 4.74 Å². The Hall–Kier alpha value is -2.64. The van der Waals surface area contributed by atoms with E-state index in [0.29, 0.717) is 23.3 Å². The summed E-state index contributed by atoms with van der Waals surface area (Å²) in [6, 6.07) is 13.1. The van der Waals surface area contributed by atoms with Gasteiger partial charge in [-0.1, -0.05) is 28.1 Å². The van der Waals surface area contributed by atoms with Crippen LogP contribution in [-0.2, 0) is 9.59 Å². The highest BCUT2D eigenvalue weighted by molar-refractivity contribution is 9.10. The second kappa shape index (κ2) is 8.58. The Kier molecular flexibility index (Phi) is 6.16. The van der Waals surface area contributed by atoms with Gasteiger partial charge in [0.1, 0.15) is 11.5 Å². The van der Waals surface area contributed by atoms with Gasteiger partial charge in [-0.05, 0) is 48.4 Å². The third-order valence-corrected chi connectivity index (χ3v) is 5.17. The van der Waals surface area contributed by atoms with Crippen molar-refractivity contribution in [2.24, 2.45) is 0 Å². The molecule has 0 aromatic heterocycles. The topological polar surface area (TPSA) is 87.1 Å². The summed E-state index contributed by atoms with van der Waals surface area (Å²) in [6.07, 6.45) is 0.336. The van der Waals surface area contributed by atoms with Crippen LogP contribution in [0, 0.1) is 0 Å². The zero-order chi connectivity index (χ0) is 20.3. The van der Waals surface area contributed by atoms with E-state index >= 15 is 0 Å². The Labute approximate surface area is 171 Å². The SMILES string of the molecule is COc1ccc(/C(O)=C2\C(=O)C(=O)N(CCCO)[C@H]2c2ccc(Br)cc2)cc1. The first kappa shape index (κ1) is 20.1. The maximum Gasteiger partial charge on any atom is 0.295 e. The van der Waals surface area contributed by atoms with Crippen molar-refractivity contribution < 1.29 is 24.5 Å². The summed E-state index contributed by atoms with van der Waals surface area (Å²) in [5.74, 6) is -1.04. The summed E-state index contributed by atoms with van der Waals surface area (Å²) in [5, 5.41) is 20.1. The molecule has 1 aliphatic heterocycles. The zero-order valence-electron chi connectivity index (χ0n) is 15.3. The van der Waals surface area contributed by atoms with Crippen LogP contribution in [0.3, 0.4) is 0 Å². The van der Waals surface area contributed by atoms with E-state index in [-0.39, 0.29) is 24.5 Å². The number of methoxy groups -OCH3 is 1. The number of ether oxygens (including phenoxy) is 1. The summed E-state index contributed by atoms with van der Waals surface area (Å²) in [5.41, 5.74) is 1.16. The summed E-state index contributed by atoms with van der Waals surface area (Å²) >= 11 is 3.38. The molecule has 0 radical (unpaired) electrons. The van der Waals surface area contributed by atoms with Gasteiger partial charge in [0.2, 0.25) is 0 Å². The fourth-order valence-electron chi connectivity index (χ4n) is 3.25. The molecule has 0 unspecified atom stereocenters. The number of halogens is 1. The van der Waals surface area contributed by atoms with Gasteiger partial charge in [-0.15, -0.1) is 0 Å². The number of carbonyl (C=O) groups is 2. The molecule has 2 aromatic carbocycles. The summed E-state index contributed by atoms with van der Waals surface area (Å²) < 4.78 is 5.98. The van der Waals surface area contributed by atoms with E-state index in [2.05, 4.69) is 15.9 Å². The van der Waals surface area contributed by atoms with E-state index in [1.165, 1.54) is 12.0 Å². The monoisotopic (exact) mass is 445 g/mol. The third-order valence-electron chi connectivity index (χ3n) is 4.65. The smallest absolute Gasteiger partial charge is 0.295 e. The van der Waals surface area contributed by atoms with E-state index in [1.54, 1.807) is 36.4 Å². The number of hydrogen-bond donors (Lipinski definition) is 2. The van der Waals surface area contributed by atoms with Crippen LogP contribution in [0.5, 0.6) is 5.75 Å². The van der Waals surface area contributed by atoms with Gasteiger partial charge in [-0.2, -0.15) is 0 Å². The van der Waals surface area contributed by atoms with Gasteiger partial charge < -0.3 is 19.8 Å². The fourth-order valence-corrected chi connectivity index (χ4v) is 3.51. The van der Waals surface area contributed by atoms with Crippen LogP contribution in [0.1, 0.15) is 23.6 Å². The first-order valence-corrected chi connectivity index (χ1v) is 9.56. The second-order valence-electron chi connectivity index (χ2n) is 6.35. The minimum absolute atomic E-state index is 0.0374. The van der Waals surface area contributed by atoms with Gasteiger partial charge in [0.15, 0.2) is 0 Å². The largest absolute Gasteiger partial charge is 0.507 e. The van der Waals surface area contributed by atoms with Crippen LogP contribution in [0.15, 0.2) is 58.6 Å². The molecule has 146 valence electrons. The van der Waals surface area contributed by atoms with Crippen LogP contribution in [-0.4, -0.2) is 47.1 Å². The number of carbonyl (C=O) groups excluding carboxylic acids is 2. The number of rotatable bonds is 6. The molecule has 2 N–H and O–H groups in total. The van der Waals surface area contributed by atoms with Crippen LogP contribution >= 0.6 is 15.9 Å². The molecule has 1 aliphatic rings. The zero-order valence-corrected chi connectivity index (χ0v) is 16.8. The van der Waals surface area contributed by atoms with Gasteiger partial charge in [-0.25, -0.2) is 0 Å². The van der Waals surface area contributed by atoms with Gasteiger partial charge in [0.05, 0.1) is 18.7 Å². The first-order chi connectivity index (χ1) is 13.5.